The van der Waals surface area contributed by atoms with Crippen molar-refractivity contribution >= 4 is 11.5 Å². The molecule has 0 spiro atoms. The fourth-order valence-electron chi connectivity index (χ4n) is 2.09. The molecule has 0 unspecified atom stereocenters. The Morgan fingerprint density at radius 3 is 3.11 bits per heavy atom. The van der Waals surface area contributed by atoms with Gasteiger partial charge in [-0.25, -0.2) is 9.97 Å². The van der Waals surface area contributed by atoms with Crippen LogP contribution in [0, 0.1) is 6.92 Å². The van der Waals surface area contributed by atoms with Gasteiger partial charge in [-0.05, 0) is 31.0 Å². The van der Waals surface area contributed by atoms with Gasteiger partial charge in [0.25, 0.3) is 0 Å². The van der Waals surface area contributed by atoms with Gasteiger partial charge in [0.15, 0.2) is 5.65 Å². The van der Waals surface area contributed by atoms with Gasteiger partial charge < -0.3 is 10.3 Å². The number of pyridine rings is 1. The number of aryl methyl sites for hydroxylation is 2. The van der Waals surface area contributed by atoms with Crippen LogP contribution in [0.4, 0.5) is 5.82 Å². The number of H-pyrrole nitrogens is 1. The molecular formula is C13H16N6. The first kappa shape index (κ1) is 11.7. The molecule has 0 saturated heterocycles. The standard InChI is InChI=1S/C13H16N6/c1-10-7-12(19-13(8-10)17-9-18-19)16-4-2-3-11-14-5-6-15-11/h5-9,16H,2-4H2,1H3,(H,14,15). The highest BCUT2D eigenvalue weighted by Gasteiger charge is 2.03. The van der Waals surface area contributed by atoms with E-state index in [9.17, 15) is 0 Å². The Morgan fingerprint density at radius 2 is 2.26 bits per heavy atom. The van der Waals surface area contributed by atoms with Crippen molar-refractivity contribution < 1.29 is 0 Å². The first-order chi connectivity index (χ1) is 9.33. The van der Waals surface area contributed by atoms with Crippen LogP contribution >= 0.6 is 0 Å². The summed E-state index contributed by atoms with van der Waals surface area (Å²) in [5, 5.41) is 7.61. The SMILES string of the molecule is Cc1cc(NCCCc2ncc[nH]2)n2ncnc2c1. The predicted molar refractivity (Wildman–Crippen MR) is 73.1 cm³/mol. The van der Waals surface area contributed by atoms with E-state index in [-0.39, 0.29) is 0 Å². The topological polar surface area (TPSA) is 70.9 Å². The molecule has 0 aliphatic carbocycles. The molecule has 0 saturated carbocycles. The molecule has 0 bridgehead atoms. The number of hydrogen-bond acceptors (Lipinski definition) is 4. The molecule has 19 heavy (non-hydrogen) atoms. The number of fused-ring (bicyclic) bond motifs is 1. The van der Waals surface area contributed by atoms with E-state index in [1.807, 2.05) is 16.8 Å². The quantitative estimate of drug-likeness (QED) is 0.683. The lowest BCUT2D eigenvalue weighted by molar-refractivity contribution is 0.807. The van der Waals surface area contributed by atoms with Gasteiger partial charge in [0.05, 0.1) is 0 Å². The number of aromatic amines is 1. The van der Waals surface area contributed by atoms with Gasteiger partial charge in [0.1, 0.15) is 18.0 Å². The molecule has 0 fully saturated rings. The summed E-state index contributed by atoms with van der Waals surface area (Å²) >= 11 is 0. The second-order valence-corrected chi connectivity index (χ2v) is 4.51. The van der Waals surface area contributed by atoms with E-state index in [4.69, 9.17) is 0 Å². The van der Waals surface area contributed by atoms with Crippen LogP contribution in [-0.4, -0.2) is 31.1 Å². The largest absolute Gasteiger partial charge is 0.370 e. The molecule has 98 valence electrons. The third-order valence-electron chi connectivity index (χ3n) is 2.97. The first-order valence-electron chi connectivity index (χ1n) is 6.35. The van der Waals surface area contributed by atoms with Crippen LogP contribution < -0.4 is 5.32 Å². The maximum absolute atomic E-state index is 4.21. The summed E-state index contributed by atoms with van der Waals surface area (Å²) in [6, 6.07) is 4.09. The molecule has 0 aliphatic heterocycles. The van der Waals surface area contributed by atoms with Crippen LogP contribution in [0.3, 0.4) is 0 Å². The second kappa shape index (κ2) is 5.09. The number of nitrogens with zero attached hydrogens (tertiary/aromatic N) is 4. The zero-order valence-electron chi connectivity index (χ0n) is 10.8. The van der Waals surface area contributed by atoms with E-state index in [1.54, 1.807) is 12.5 Å². The van der Waals surface area contributed by atoms with Gasteiger partial charge in [-0.3, -0.25) is 0 Å². The van der Waals surface area contributed by atoms with Crippen LogP contribution in [0.1, 0.15) is 17.8 Å². The van der Waals surface area contributed by atoms with Crippen LogP contribution in [0.25, 0.3) is 5.65 Å². The maximum Gasteiger partial charge on any atom is 0.157 e. The zero-order valence-corrected chi connectivity index (χ0v) is 10.8. The van der Waals surface area contributed by atoms with Crippen LogP contribution in [-0.2, 0) is 6.42 Å². The van der Waals surface area contributed by atoms with Crippen molar-refractivity contribution in [2.75, 3.05) is 11.9 Å². The van der Waals surface area contributed by atoms with Gasteiger partial charge in [-0.2, -0.15) is 9.61 Å². The Labute approximate surface area is 110 Å². The fourth-order valence-corrected chi connectivity index (χ4v) is 2.09. The van der Waals surface area contributed by atoms with Crippen molar-refractivity contribution in [3.05, 3.63) is 42.2 Å². The molecule has 3 aromatic heterocycles. The van der Waals surface area contributed by atoms with Gasteiger partial charge in [0, 0.05) is 25.4 Å². The molecule has 3 heterocycles. The van der Waals surface area contributed by atoms with E-state index >= 15 is 0 Å². The number of anilines is 1. The Hall–Kier alpha value is -2.37. The highest BCUT2D eigenvalue weighted by molar-refractivity contribution is 5.51. The Kier molecular flexibility index (Phi) is 3.14. The molecule has 6 nitrogen and oxygen atoms in total. The lowest BCUT2D eigenvalue weighted by atomic mass is 10.2. The smallest absolute Gasteiger partial charge is 0.157 e. The molecular weight excluding hydrogens is 240 g/mol. The molecule has 0 aliphatic rings. The fraction of sp³-hybridized carbons (Fsp3) is 0.308. The van der Waals surface area contributed by atoms with Gasteiger partial charge >= 0.3 is 0 Å². The van der Waals surface area contributed by atoms with Crippen LogP contribution in [0.2, 0.25) is 0 Å². The molecule has 3 rings (SSSR count). The number of aromatic nitrogens is 5. The Balaban J connectivity index is 1.63. The van der Waals surface area contributed by atoms with Crippen LogP contribution in [0.15, 0.2) is 30.9 Å². The van der Waals surface area contributed by atoms with E-state index in [0.717, 1.165) is 36.7 Å². The summed E-state index contributed by atoms with van der Waals surface area (Å²) in [6.07, 6.45) is 7.15. The molecule has 3 aromatic rings. The highest BCUT2D eigenvalue weighted by Crippen LogP contribution is 2.13. The molecule has 6 heteroatoms. The van der Waals surface area contributed by atoms with Crippen molar-refractivity contribution in [3.8, 4) is 0 Å². The van der Waals surface area contributed by atoms with E-state index in [0.29, 0.717) is 0 Å². The lowest BCUT2D eigenvalue weighted by Gasteiger charge is -2.08. The summed E-state index contributed by atoms with van der Waals surface area (Å²) in [7, 11) is 0. The normalized spacial score (nSPS) is 11.0. The lowest BCUT2D eigenvalue weighted by Crippen LogP contribution is -2.08. The van der Waals surface area contributed by atoms with Gasteiger partial charge in [-0.15, -0.1) is 0 Å². The molecule has 0 amide bonds. The molecule has 0 aromatic carbocycles. The third kappa shape index (κ3) is 2.57. The minimum Gasteiger partial charge on any atom is -0.370 e. The number of nitrogens with one attached hydrogen (secondary N) is 2. The van der Waals surface area contributed by atoms with Crippen molar-refractivity contribution in [3.63, 3.8) is 0 Å². The maximum atomic E-state index is 4.21. The first-order valence-corrected chi connectivity index (χ1v) is 6.35. The summed E-state index contributed by atoms with van der Waals surface area (Å²) in [5.74, 6) is 2.00. The summed E-state index contributed by atoms with van der Waals surface area (Å²) in [4.78, 5) is 11.5. The minimum atomic E-state index is 0.869. The van der Waals surface area contributed by atoms with Crippen molar-refractivity contribution in [1.82, 2.24) is 24.6 Å². The average molecular weight is 256 g/mol. The predicted octanol–water partition coefficient (Wildman–Crippen LogP) is 1.81. The highest BCUT2D eigenvalue weighted by atomic mass is 15.3. The number of rotatable bonds is 5. The molecule has 2 N–H and O–H groups in total. The summed E-state index contributed by atoms with van der Waals surface area (Å²) < 4.78 is 1.82. The second-order valence-electron chi connectivity index (χ2n) is 4.51. The van der Waals surface area contributed by atoms with E-state index < -0.39 is 0 Å². The molecule has 0 radical (unpaired) electrons. The van der Waals surface area contributed by atoms with Gasteiger partial charge in [-0.1, -0.05) is 0 Å². The van der Waals surface area contributed by atoms with Crippen LogP contribution in [0.5, 0.6) is 0 Å². The van der Waals surface area contributed by atoms with E-state index in [1.165, 1.54) is 5.56 Å². The monoisotopic (exact) mass is 256 g/mol. The van der Waals surface area contributed by atoms with E-state index in [2.05, 4.69) is 38.4 Å². The Morgan fingerprint density at radius 1 is 1.32 bits per heavy atom. The van der Waals surface area contributed by atoms with Gasteiger partial charge in [0.2, 0.25) is 0 Å². The minimum absolute atomic E-state index is 0.869. The number of imidazole rings is 1. The number of hydrogen-bond donors (Lipinski definition) is 2. The summed E-state index contributed by atoms with van der Waals surface area (Å²) in [6.45, 7) is 2.93. The zero-order chi connectivity index (χ0) is 13.1. The third-order valence-corrected chi connectivity index (χ3v) is 2.97. The van der Waals surface area contributed by atoms with Crippen molar-refractivity contribution in [2.45, 2.75) is 19.8 Å². The summed E-state index contributed by atoms with van der Waals surface area (Å²) in [5.41, 5.74) is 2.04. The Bertz CT molecular complexity index is 655. The van der Waals surface area contributed by atoms with Crippen molar-refractivity contribution in [1.29, 1.82) is 0 Å². The average Bonchev–Trinajstić information content (AvgIpc) is 3.04. The molecule has 0 atom stereocenters. The van der Waals surface area contributed by atoms with Crippen molar-refractivity contribution in [2.24, 2.45) is 0 Å².